The van der Waals surface area contributed by atoms with Gasteiger partial charge < -0.3 is 9.55 Å². The van der Waals surface area contributed by atoms with Crippen molar-refractivity contribution in [2.75, 3.05) is 0 Å². The van der Waals surface area contributed by atoms with Crippen LogP contribution in [0.1, 0.15) is 0 Å². The molecule has 0 saturated heterocycles. The van der Waals surface area contributed by atoms with Crippen LogP contribution in [0.15, 0.2) is 41.2 Å². The Morgan fingerprint density at radius 1 is 1.23 bits per heavy atom. The minimum Gasteiger partial charge on any atom is -0.339 e. The van der Waals surface area contributed by atoms with Gasteiger partial charge in [0.25, 0.3) is 5.69 Å². The molecule has 0 fully saturated rings. The molecule has 22 heavy (non-hydrogen) atoms. The number of nitrogens with one attached hydrogen (secondary N) is 1. The molecule has 1 aromatic heterocycles. The van der Waals surface area contributed by atoms with Crippen LogP contribution in [0.4, 0.5) is 5.69 Å². The minimum atomic E-state index is -0.428. The average molecular weight is 294 g/mol. The third-order valence-electron chi connectivity index (χ3n) is 3.82. The van der Waals surface area contributed by atoms with E-state index in [0.717, 1.165) is 5.52 Å². The van der Waals surface area contributed by atoms with Crippen LogP contribution in [0.25, 0.3) is 33.5 Å². The molecule has 0 bridgehead atoms. The lowest BCUT2D eigenvalue weighted by Gasteiger charge is -2.11. The van der Waals surface area contributed by atoms with Gasteiger partial charge in [-0.05, 0) is 18.2 Å². The third kappa shape index (κ3) is 1.62. The monoisotopic (exact) mass is 294 g/mol. The predicted molar refractivity (Wildman–Crippen MR) is 82.1 cm³/mol. The summed E-state index contributed by atoms with van der Waals surface area (Å²) in [5.74, 6) is 0. The number of nitro benzene ring substituents is 1. The summed E-state index contributed by atoms with van der Waals surface area (Å²) in [5, 5.41) is 11.6. The lowest BCUT2D eigenvalue weighted by Crippen LogP contribution is -2.07. The summed E-state index contributed by atoms with van der Waals surface area (Å²) in [4.78, 5) is 29.8. The van der Waals surface area contributed by atoms with Gasteiger partial charge in [-0.1, -0.05) is 0 Å². The smallest absolute Gasteiger partial charge is 0.270 e. The fourth-order valence-corrected chi connectivity index (χ4v) is 2.73. The zero-order chi connectivity index (χ0) is 15.4. The Balaban J connectivity index is 2.20. The van der Waals surface area contributed by atoms with E-state index in [4.69, 9.17) is 0 Å². The fraction of sp³-hybridized carbons (Fsp3) is 0.0667. The summed E-state index contributed by atoms with van der Waals surface area (Å²) >= 11 is 0. The molecule has 0 radical (unpaired) electrons. The summed E-state index contributed by atoms with van der Waals surface area (Å²) in [7, 11) is 1.83. The molecular formula is C15H10N4O3. The van der Waals surface area contributed by atoms with Gasteiger partial charge in [-0.3, -0.25) is 14.9 Å². The van der Waals surface area contributed by atoms with E-state index in [1.54, 1.807) is 12.1 Å². The summed E-state index contributed by atoms with van der Waals surface area (Å²) < 4.78 is 1.84. The van der Waals surface area contributed by atoms with Gasteiger partial charge in [0, 0.05) is 36.1 Å². The highest BCUT2D eigenvalue weighted by atomic mass is 16.6. The van der Waals surface area contributed by atoms with Crippen molar-refractivity contribution in [3.63, 3.8) is 0 Å². The highest BCUT2D eigenvalue weighted by Crippen LogP contribution is 2.30. The van der Waals surface area contributed by atoms with Gasteiger partial charge in [0.1, 0.15) is 11.2 Å². The Labute approximate surface area is 123 Å². The van der Waals surface area contributed by atoms with E-state index >= 15 is 0 Å². The second kappa shape index (κ2) is 4.14. The van der Waals surface area contributed by atoms with Gasteiger partial charge in [0.05, 0.1) is 16.3 Å². The Kier molecular flexibility index (Phi) is 2.35. The first-order chi connectivity index (χ1) is 10.5. The molecular weight excluding hydrogens is 284 g/mol. The molecule has 1 aliphatic heterocycles. The Morgan fingerprint density at radius 2 is 2.05 bits per heavy atom. The number of non-ortho nitro benzene ring substituents is 1. The number of benzene rings is 2. The second-order valence-electron chi connectivity index (χ2n) is 5.13. The number of hydrogen-bond donors (Lipinski definition) is 1. The highest BCUT2D eigenvalue weighted by Gasteiger charge is 2.16. The standard InChI is InChI=1S/C15H10N4O3/c1-18-13-7-9(20)3-5-12(13)16-14-10-6-8(19(21)22)2-4-11(10)17-15(14)18/h2-7,17H,1H3. The summed E-state index contributed by atoms with van der Waals surface area (Å²) in [6, 6.07) is 9.27. The number of H-pyrrole nitrogens is 1. The molecule has 4 rings (SSSR count). The normalized spacial score (nSPS) is 11.5. The van der Waals surface area contributed by atoms with Crippen molar-refractivity contribution in [1.82, 2.24) is 14.5 Å². The first-order valence-corrected chi connectivity index (χ1v) is 6.61. The first-order valence-electron chi connectivity index (χ1n) is 6.61. The van der Waals surface area contributed by atoms with Crippen LogP contribution in [0, 0.1) is 10.1 Å². The van der Waals surface area contributed by atoms with E-state index in [1.807, 2.05) is 11.6 Å². The Bertz CT molecular complexity index is 1090. The number of nitrogens with zero attached hydrogens (tertiary/aromatic N) is 3. The first kappa shape index (κ1) is 12.5. The molecule has 2 heterocycles. The molecule has 2 aromatic rings. The van der Waals surface area contributed by atoms with Gasteiger partial charge in [0.2, 0.25) is 0 Å². The van der Waals surface area contributed by atoms with Crippen LogP contribution < -0.4 is 5.43 Å². The Morgan fingerprint density at radius 3 is 2.82 bits per heavy atom. The quantitative estimate of drug-likeness (QED) is 0.431. The predicted octanol–water partition coefficient (Wildman–Crippen LogP) is 2.43. The SMILES string of the molecule is Cn1c2cc(=O)ccc-2nc2c3cc([N+](=O)[O-])ccc3[nH]c21. The van der Waals surface area contributed by atoms with Crippen LogP contribution in [0.2, 0.25) is 0 Å². The van der Waals surface area contributed by atoms with Gasteiger partial charge in [-0.25, -0.2) is 4.98 Å². The van der Waals surface area contributed by atoms with E-state index in [0.29, 0.717) is 27.9 Å². The number of nitro groups is 1. The van der Waals surface area contributed by atoms with Crippen molar-refractivity contribution in [3.05, 3.63) is 56.7 Å². The van der Waals surface area contributed by atoms with Crippen LogP contribution in [0.3, 0.4) is 0 Å². The lowest BCUT2D eigenvalue weighted by molar-refractivity contribution is -0.384. The van der Waals surface area contributed by atoms with Gasteiger partial charge in [-0.15, -0.1) is 0 Å². The Hall–Kier alpha value is -3.22. The van der Waals surface area contributed by atoms with E-state index in [1.165, 1.54) is 24.3 Å². The molecule has 0 saturated carbocycles. The molecule has 0 amide bonds. The average Bonchev–Trinajstić information content (AvgIpc) is 2.86. The maximum Gasteiger partial charge on any atom is 0.270 e. The molecule has 7 heteroatoms. The molecule has 1 aromatic carbocycles. The highest BCUT2D eigenvalue weighted by molar-refractivity contribution is 6.05. The maximum absolute atomic E-state index is 11.5. The van der Waals surface area contributed by atoms with Gasteiger partial charge >= 0.3 is 0 Å². The number of aryl methyl sites for hydroxylation is 1. The van der Waals surface area contributed by atoms with Crippen LogP contribution in [-0.4, -0.2) is 19.5 Å². The number of fused-ring (bicyclic) bond motifs is 4. The third-order valence-corrected chi connectivity index (χ3v) is 3.82. The molecule has 1 aliphatic carbocycles. The molecule has 0 unspecified atom stereocenters. The molecule has 0 spiro atoms. The van der Waals surface area contributed by atoms with Crippen LogP contribution in [0.5, 0.6) is 0 Å². The molecule has 1 N–H and O–H groups in total. The minimum absolute atomic E-state index is 0.0212. The largest absolute Gasteiger partial charge is 0.339 e. The van der Waals surface area contributed by atoms with E-state index in [2.05, 4.69) is 9.97 Å². The maximum atomic E-state index is 11.5. The number of aromatic amines is 1. The zero-order valence-corrected chi connectivity index (χ0v) is 11.5. The van der Waals surface area contributed by atoms with Crippen molar-refractivity contribution < 1.29 is 4.92 Å². The lowest BCUT2D eigenvalue weighted by atomic mass is 10.2. The molecule has 2 aliphatic rings. The van der Waals surface area contributed by atoms with Crippen LogP contribution >= 0.6 is 0 Å². The zero-order valence-electron chi connectivity index (χ0n) is 11.5. The summed E-state index contributed by atoms with van der Waals surface area (Å²) in [5.41, 5.74) is 3.44. The van der Waals surface area contributed by atoms with Crippen molar-refractivity contribution in [2.45, 2.75) is 0 Å². The fourth-order valence-electron chi connectivity index (χ4n) is 2.73. The second-order valence-corrected chi connectivity index (χ2v) is 5.13. The molecule has 108 valence electrons. The van der Waals surface area contributed by atoms with Gasteiger partial charge in [-0.2, -0.15) is 0 Å². The molecule has 0 atom stereocenters. The molecule has 7 nitrogen and oxygen atoms in total. The topological polar surface area (TPSA) is 93.8 Å². The van der Waals surface area contributed by atoms with Crippen molar-refractivity contribution >= 4 is 27.8 Å². The summed E-state index contributed by atoms with van der Waals surface area (Å²) in [6.45, 7) is 0. The van der Waals surface area contributed by atoms with E-state index in [-0.39, 0.29) is 11.1 Å². The number of rotatable bonds is 1. The van der Waals surface area contributed by atoms with Crippen molar-refractivity contribution in [1.29, 1.82) is 0 Å². The van der Waals surface area contributed by atoms with Gasteiger partial charge in [0.15, 0.2) is 5.43 Å². The number of aromatic nitrogens is 3. The van der Waals surface area contributed by atoms with E-state index < -0.39 is 4.92 Å². The number of hydrogen-bond acceptors (Lipinski definition) is 4. The van der Waals surface area contributed by atoms with Crippen molar-refractivity contribution in [2.24, 2.45) is 7.05 Å². The van der Waals surface area contributed by atoms with Crippen LogP contribution in [-0.2, 0) is 7.05 Å². The van der Waals surface area contributed by atoms with E-state index in [9.17, 15) is 14.9 Å². The summed E-state index contributed by atoms with van der Waals surface area (Å²) in [6.07, 6.45) is 0. The van der Waals surface area contributed by atoms with Crippen molar-refractivity contribution in [3.8, 4) is 11.4 Å².